The van der Waals surface area contributed by atoms with Crippen LogP contribution in [-0.4, -0.2) is 35.6 Å². The molecule has 2 N–H and O–H groups in total. The van der Waals surface area contributed by atoms with E-state index in [1.807, 2.05) is 12.1 Å². The molecule has 8 nitrogen and oxygen atoms in total. The van der Waals surface area contributed by atoms with E-state index >= 15 is 0 Å². The molecule has 21 heavy (non-hydrogen) atoms. The Kier molecular flexibility index (Phi) is 4.50. The highest BCUT2D eigenvalue weighted by Gasteiger charge is 2.07. The van der Waals surface area contributed by atoms with Gasteiger partial charge in [0.25, 0.3) is 0 Å². The zero-order valence-electron chi connectivity index (χ0n) is 11.9. The average Bonchev–Trinajstić information content (AvgIpc) is 2.50. The van der Waals surface area contributed by atoms with E-state index in [2.05, 4.69) is 25.7 Å². The van der Waals surface area contributed by atoms with E-state index in [1.54, 1.807) is 33.4 Å². The van der Waals surface area contributed by atoms with Crippen LogP contribution < -0.4 is 20.6 Å². The van der Waals surface area contributed by atoms with Crippen molar-refractivity contribution in [2.75, 3.05) is 19.6 Å². The predicted molar refractivity (Wildman–Crippen MR) is 78.2 cm³/mol. The molecule has 0 spiro atoms. The molecule has 0 bridgehead atoms. The van der Waals surface area contributed by atoms with Gasteiger partial charge in [-0.1, -0.05) is 6.07 Å². The number of rotatable bonds is 5. The molecule has 0 fully saturated rings. The van der Waals surface area contributed by atoms with Gasteiger partial charge >= 0.3 is 5.69 Å². The molecular formula is C13H15N5O3. The topological polar surface area (TPSA) is 101 Å². The van der Waals surface area contributed by atoms with Gasteiger partial charge in [0.15, 0.2) is 17.3 Å². The van der Waals surface area contributed by atoms with E-state index in [0.29, 0.717) is 17.2 Å². The fourth-order valence-electron chi connectivity index (χ4n) is 1.67. The molecule has 0 amide bonds. The number of para-hydroxylation sites is 1. The summed E-state index contributed by atoms with van der Waals surface area (Å²) in [4.78, 5) is 14.8. The summed E-state index contributed by atoms with van der Waals surface area (Å²) in [5.41, 5.74) is 3.38. The lowest BCUT2D eigenvalue weighted by molar-refractivity contribution is 0.354. The largest absolute Gasteiger partial charge is 0.493 e. The van der Waals surface area contributed by atoms with E-state index in [0.717, 1.165) is 5.56 Å². The number of nitrogens with one attached hydrogen (secondary N) is 2. The summed E-state index contributed by atoms with van der Waals surface area (Å²) >= 11 is 0. The zero-order chi connectivity index (χ0) is 15.2. The van der Waals surface area contributed by atoms with Crippen LogP contribution in [0.15, 0.2) is 28.1 Å². The Bertz CT molecular complexity index is 711. The van der Waals surface area contributed by atoms with Crippen LogP contribution in [0.25, 0.3) is 0 Å². The van der Waals surface area contributed by atoms with Crippen LogP contribution in [0, 0.1) is 6.92 Å². The molecule has 0 saturated carbocycles. The smallest absolute Gasteiger partial charge is 0.363 e. The molecule has 0 radical (unpaired) electrons. The predicted octanol–water partition coefficient (Wildman–Crippen LogP) is 0.937. The lowest BCUT2D eigenvalue weighted by Crippen LogP contribution is -2.15. The fourth-order valence-corrected chi connectivity index (χ4v) is 1.67. The molecule has 0 saturated heterocycles. The van der Waals surface area contributed by atoms with E-state index in [9.17, 15) is 4.79 Å². The summed E-state index contributed by atoms with van der Waals surface area (Å²) in [6, 6.07) is 5.43. The van der Waals surface area contributed by atoms with Crippen LogP contribution in [0.2, 0.25) is 0 Å². The second-order valence-corrected chi connectivity index (χ2v) is 4.03. The van der Waals surface area contributed by atoms with Gasteiger partial charge in [0.1, 0.15) is 5.69 Å². The monoisotopic (exact) mass is 289 g/mol. The SMILES string of the molecule is COc1cccc(C=NNc2nc(=O)[nH]nc2C)c1OC. The first-order chi connectivity index (χ1) is 10.2. The normalized spacial score (nSPS) is 10.6. The maximum atomic E-state index is 11.1. The zero-order valence-corrected chi connectivity index (χ0v) is 11.9. The van der Waals surface area contributed by atoms with Crippen LogP contribution in [0.5, 0.6) is 11.5 Å². The molecule has 110 valence electrons. The molecule has 1 aromatic heterocycles. The number of ether oxygens (including phenoxy) is 2. The van der Waals surface area contributed by atoms with Gasteiger partial charge < -0.3 is 9.47 Å². The minimum absolute atomic E-state index is 0.289. The molecule has 0 atom stereocenters. The van der Waals surface area contributed by atoms with E-state index in [1.165, 1.54) is 0 Å². The third kappa shape index (κ3) is 3.35. The average molecular weight is 289 g/mol. The van der Waals surface area contributed by atoms with Gasteiger partial charge in [-0.2, -0.15) is 15.2 Å². The number of benzene rings is 1. The van der Waals surface area contributed by atoms with E-state index in [-0.39, 0.29) is 5.82 Å². The molecule has 1 heterocycles. The molecule has 0 aliphatic carbocycles. The Hall–Kier alpha value is -2.90. The molecule has 0 aliphatic rings. The minimum Gasteiger partial charge on any atom is -0.493 e. The summed E-state index contributed by atoms with van der Waals surface area (Å²) < 4.78 is 10.5. The van der Waals surface area contributed by atoms with Crippen molar-refractivity contribution in [2.45, 2.75) is 6.92 Å². The van der Waals surface area contributed by atoms with Crippen molar-refractivity contribution >= 4 is 12.0 Å². The Morgan fingerprint density at radius 2 is 2.14 bits per heavy atom. The van der Waals surface area contributed by atoms with E-state index < -0.39 is 5.69 Å². The van der Waals surface area contributed by atoms with Crippen molar-refractivity contribution in [1.29, 1.82) is 0 Å². The van der Waals surface area contributed by atoms with Crippen molar-refractivity contribution < 1.29 is 9.47 Å². The summed E-state index contributed by atoms with van der Waals surface area (Å²) in [7, 11) is 3.11. The molecular weight excluding hydrogens is 274 g/mol. The number of aromatic amines is 1. The van der Waals surface area contributed by atoms with Crippen LogP contribution >= 0.6 is 0 Å². The van der Waals surface area contributed by atoms with Crippen molar-refractivity contribution in [1.82, 2.24) is 15.2 Å². The number of H-pyrrole nitrogens is 1. The Morgan fingerprint density at radius 1 is 1.33 bits per heavy atom. The molecule has 2 aromatic rings. The number of aryl methyl sites for hydroxylation is 1. The first-order valence-electron chi connectivity index (χ1n) is 6.09. The quantitative estimate of drug-likeness (QED) is 0.627. The Balaban J connectivity index is 2.22. The minimum atomic E-state index is -0.544. The van der Waals surface area contributed by atoms with Crippen molar-refractivity contribution in [3.63, 3.8) is 0 Å². The van der Waals surface area contributed by atoms with Crippen LogP contribution in [0.3, 0.4) is 0 Å². The van der Waals surface area contributed by atoms with Crippen molar-refractivity contribution in [3.8, 4) is 11.5 Å². The maximum Gasteiger partial charge on any atom is 0.363 e. The van der Waals surface area contributed by atoms with Gasteiger partial charge in [0, 0.05) is 5.56 Å². The Morgan fingerprint density at radius 3 is 2.86 bits per heavy atom. The lowest BCUT2D eigenvalue weighted by atomic mass is 10.2. The molecule has 2 rings (SSSR count). The van der Waals surface area contributed by atoms with Crippen LogP contribution in [0.4, 0.5) is 5.82 Å². The van der Waals surface area contributed by atoms with Gasteiger partial charge in [-0.25, -0.2) is 9.89 Å². The Labute approximate surface area is 120 Å². The summed E-state index contributed by atoms with van der Waals surface area (Å²) in [5, 5.41) is 10.1. The standard InChI is InChI=1S/C13H15N5O3/c1-8-12(15-13(19)18-16-8)17-14-7-9-5-4-6-10(20-2)11(9)21-3/h4-7H,1-3H3,(H2,15,17,18,19). The highest BCUT2D eigenvalue weighted by molar-refractivity contribution is 5.85. The van der Waals surface area contributed by atoms with Crippen molar-refractivity contribution in [2.24, 2.45) is 5.10 Å². The summed E-state index contributed by atoms with van der Waals surface area (Å²) in [5.74, 6) is 1.46. The maximum absolute atomic E-state index is 11.1. The van der Waals surface area contributed by atoms with Crippen molar-refractivity contribution in [3.05, 3.63) is 39.9 Å². The van der Waals surface area contributed by atoms with Gasteiger partial charge in [-0.3, -0.25) is 5.43 Å². The molecule has 8 heteroatoms. The number of anilines is 1. The highest BCUT2D eigenvalue weighted by Crippen LogP contribution is 2.29. The molecule has 0 aliphatic heterocycles. The third-order valence-corrected chi connectivity index (χ3v) is 2.68. The van der Waals surface area contributed by atoms with E-state index in [4.69, 9.17) is 9.47 Å². The van der Waals surface area contributed by atoms with Gasteiger partial charge in [0.05, 0.1) is 20.4 Å². The number of hydrazone groups is 1. The van der Waals surface area contributed by atoms with Crippen LogP contribution in [-0.2, 0) is 0 Å². The van der Waals surface area contributed by atoms with Gasteiger partial charge in [-0.15, -0.1) is 0 Å². The number of methoxy groups -OCH3 is 2. The number of hydrogen-bond acceptors (Lipinski definition) is 7. The van der Waals surface area contributed by atoms with Crippen LogP contribution in [0.1, 0.15) is 11.3 Å². The fraction of sp³-hybridized carbons (Fsp3) is 0.231. The second-order valence-electron chi connectivity index (χ2n) is 4.03. The van der Waals surface area contributed by atoms with Gasteiger partial charge in [-0.05, 0) is 19.1 Å². The first-order valence-corrected chi connectivity index (χ1v) is 6.09. The lowest BCUT2D eigenvalue weighted by Gasteiger charge is -2.09. The van der Waals surface area contributed by atoms with Gasteiger partial charge in [0.2, 0.25) is 0 Å². The first kappa shape index (κ1) is 14.5. The number of aromatic nitrogens is 3. The highest BCUT2D eigenvalue weighted by atomic mass is 16.5. The molecule has 0 unspecified atom stereocenters. The summed E-state index contributed by atoms with van der Waals surface area (Å²) in [6.07, 6.45) is 1.55. The number of nitrogens with zero attached hydrogens (tertiary/aromatic N) is 3. The third-order valence-electron chi connectivity index (χ3n) is 2.68. The number of hydrogen-bond donors (Lipinski definition) is 2. The molecule has 1 aromatic carbocycles. The summed E-state index contributed by atoms with van der Waals surface area (Å²) in [6.45, 7) is 1.70. The second kappa shape index (κ2) is 6.51.